The highest BCUT2D eigenvalue weighted by atomic mass is 16.5. The van der Waals surface area contributed by atoms with Crippen LogP contribution in [0.2, 0.25) is 0 Å². The van der Waals surface area contributed by atoms with Gasteiger partial charge >= 0.3 is 5.97 Å². The molecule has 0 aromatic heterocycles. The van der Waals surface area contributed by atoms with Gasteiger partial charge in [-0.15, -0.1) is 6.58 Å². The zero-order valence-corrected chi connectivity index (χ0v) is 6.33. The van der Waals surface area contributed by atoms with Gasteiger partial charge in [-0.3, -0.25) is 4.79 Å². The van der Waals surface area contributed by atoms with Crippen molar-refractivity contribution in [1.29, 1.82) is 0 Å². The van der Waals surface area contributed by atoms with Crippen LogP contribution < -0.4 is 5.73 Å². The molecule has 3 nitrogen and oxygen atoms in total. The molecule has 0 radical (unpaired) electrons. The SMILES string of the molecule is C=CC(N)C(=O)OC(C)C. The summed E-state index contributed by atoms with van der Waals surface area (Å²) in [6, 6.07) is -0.692. The summed E-state index contributed by atoms with van der Waals surface area (Å²) in [6.45, 7) is 6.91. The van der Waals surface area contributed by atoms with Gasteiger partial charge in [0.25, 0.3) is 0 Å². The zero-order valence-electron chi connectivity index (χ0n) is 6.33. The molecule has 0 aromatic rings. The molecule has 0 saturated carbocycles. The Morgan fingerprint density at radius 3 is 2.50 bits per heavy atom. The van der Waals surface area contributed by atoms with E-state index in [4.69, 9.17) is 10.5 Å². The summed E-state index contributed by atoms with van der Waals surface area (Å²) in [5.41, 5.74) is 5.27. The van der Waals surface area contributed by atoms with Gasteiger partial charge < -0.3 is 10.5 Å². The van der Waals surface area contributed by atoms with Crippen molar-refractivity contribution < 1.29 is 9.53 Å². The number of ether oxygens (including phenoxy) is 1. The number of carbonyl (C=O) groups is 1. The summed E-state index contributed by atoms with van der Waals surface area (Å²) < 4.78 is 4.77. The molecule has 3 heteroatoms. The average molecular weight is 143 g/mol. The molecule has 0 aliphatic rings. The summed E-state index contributed by atoms with van der Waals surface area (Å²) in [5.74, 6) is -0.426. The molecular weight excluding hydrogens is 130 g/mol. The molecule has 1 unspecified atom stereocenters. The van der Waals surface area contributed by atoms with Crippen LogP contribution in [0.3, 0.4) is 0 Å². The van der Waals surface area contributed by atoms with E-state index in [1.165, 1.54) is 6.08 Å². The third-order valence-electron chi connectivity index (χ3n) is 0.878. The van der Waals surface area contributed by atoms with Crippen LogP contribution in [0.4, 0.5) is 0 Å². The van der Waals surface area contributed by atoms with E-state index in [2.05, 4.69) is 6.58 Å². The maximum absolute atomic E-state index is 10.8. The molecule has 0 heterocycles. The molecule has 58 valence electrons. The molecule has 0 aromatic carbocycles. The normalized spacial score (nSPS) is 12.8. The predicted octanol–water partition coefficient (Wildman–Crippen LogP) is 0.451. The second-order valence-corrected chi connectivity index (χ2v) is 2.25. The Balaban J connectivity index is 3.73. The van der Waals surface area contributed by atoms with Crippen molar-refractivity contribution in [2.75, 3.05) is 0 Å². The van der Waals surface area contributed by atoms with Crippen LogP contribution in [0.5, 0.6) is 0 Å². The van der Waals surface area contributed by atoms with Crippen molar-refractivity contribution in [2.45, 2.75) is 26.0 Å². The summed E-state index contributed by atoms with van der Waals surface area (Å²) >= 11 is 0. The molecule has 0 aliphatic carbocycles. The van der Waals surface area contributed by atoms with Crippen molar-refractivity contribution in [3.05, 3.63) is 12.7 Å². The Labute approximate surface area is 60.9 Å². The van der Waals surface area contributed by atoms with E-state index in [1.807, 2.05) is 0 Å². The van der Waals surface area contributed by atoms with Crippen molar-refractivity contribution in [2.24, 2.45) is 5.73 Å². The Hall–Kier alpha value is -0.830. The van der Waals surface area contributed by atoms with Crippen LogP contribution in [-0.4, -0.2) is 18.1 Å². The van der Waals surface area contributed by atoms with E-state index in [1.54, 1.807) is 13.8 Å². The van der Waals surface area contributed by atoms with Gasteiger partial charge in [-0.1, -0.05) is 6.08 Å². The predicted molar refractivity (Wildman–Crippen MR) is 39.4 cm³/mol. The third-order valence-corrected chi connectivity index (χ3v) is 0.878. The topological polar surface area (TPSA) is 52.3 Å². The van der Waals surface area contributed by atoms with Gasteiger partial charge in [-0.05, 0) is 13.8 Å². The van der Waals surface area contributed by atoms with E-state index in [-0.39, 0.29) is 6.10 Å². The first-order valence-electron chi connectivity index (χ1n) is 3.16. The van der Waals surface area contributed by atoms with Gasteiger partial charge in [0.1, 0.15) is 6.04 Å². The van der Waals surface area contributed by atoms with Crippen LogP contribution in [-0.2, 0) is 9.53 Å². The number of carbonyl (C=O) groups excluding carboxylic acids is 1. The van der Waals surface area contributed by atoms with Crippen LogP contribution >= 0.6 is 0 Å². The first-order valence-corrected chi connectivity index (χ1v) is 3.16. The maximum atomic E-state index is 10.8. The number of esters is 1. The molecular formula is C7H13NO2. The lowest BCUT2D eigenvalue weighted by Crippen LogP contribution is -2.31. The number of nitrogens with two attached hydrogens (primary N) is 1. The molecule has 0 fully saturated rings. The number of rotatable bonds is 3. The average Bonchev–Trinajstić information content (AvgIpc) is 1.85. The minimum Gasteiger partial charge on any atom is -0.462 e. The van der Waals surface area contributed by atoms with Gasteiger partial charge in [0.15, 0.2) is 0 Å². The van der Waals surface area contributed by atoms with Crippen molar-refractivity contribution in [3.8, 4) is 0 Å². The standard InChI is InChI=1S/C7H13NO2/c1-4-6(8)7(9)10-5(2)3/h4-6H,1,8H2,2-3H3. The summed E-state index contributed by atoms with van der Waals surface area (Å²) in [7, 11) is 0. The highest BCUT2D eigenvalue weighted by Gasteiger charge is 2.11. The first-order chi connectivity index (χ1) is 4.57. The molecule has 0 spiro atoms. The molecule has 10 heavy (non-hydrogen) atoms. The molecule has 0 rings (SSSR count). The zero-order chi connectivity index (χ0) is 8.15. The molecule has 1 atom stereocenters. The maximum Gasteiger partial charge on any atom is 0.327 e. The molecule has 0 saturated heterocycles. The van der Waals surface area contributed by atoms with Gasteiger partial charge in [0, 0.05) is 0 Å². The Morgan fingerprint density at radius 2 is 2.20 bits per heavy atom. The Morgan fingerprint density at radius 1 is 1.70 bits per heavy atom. The van der Waals surface area contributed by atoms with E-state index < -0.39 is 12.0 Å². The van der Waals surface area contributed by atoms with Gasteiger partial charge in [0.2, 0.25) is 0 Å². The second-order valence-electron chi connectivity index (χ2n) is 2.25. The highest BCUT2D eigenvalue weighted by Crippen LogP contribution is 1.92. The molecule has 0 amide bonds. The Kier molecular flexibility index (Phi) is 3.72. The third kappa shape index (κ3) is 3.25. The fourth-order valence-corrected chi connectivity index (χ4v) is 0.407. The minimum atomic E-state index is -0.692. The lowest BCUT2D eigenvalue weighted by molar-refractivity contribution is -0.147. The summed E-state index contributed by atoms with van der Waals surface area (Å²) in [6.07, 6.45) is 1.24. The second kappa shape index (κ2) is 4.06. The fraction of sp³-hybridized carbons (Fsp3) is 0.571. The van der Waals surface area contributed by atoms with Crippen LogP contribution in [0.15, 0.2) is 12.7 Å². The van der Waals surface area contributed by atoms with Crippen LogP contribution in [0.25, 0.3) is 0 Å². The van der Waals surface area contributed by atoms with E-state index >= 15 is 0 Å². The van der Waals surface area contributed by atoms with Crippen molar-refractivity contribution in [1.82, 2.24) is 0 Å². The molecule has 0 bridgehead atoms. The van der Waals surface area contributed by atoms with Crippen molar-refractivity contribution in [3.63, 3.8) is 0 Å². The monoisotopic (exact) mass is 143 g/mol. The minimum absolute atomic E-state index is 0.113. The van der Waals surface area contributed by atoms with E-state index in [9.17, 15) is 4.79 Å². The smallest absolute Gasteiger partial charge is 0.327 e. The van der Waals surface area contributed by atoms with Gasteiger partial charge in [-0.2, -0.15) is 0 Å². The van der Waals surface area contributed by atoms with Gasteiger partial charge in [-0.25, -0.2) is 0 Å². The fourth-order valence-electron chi connectivity index (χ4n) is 0.407. The van der Waals surface area contributed by atoms with Crippen LogP contribution in [0.1, 0.15) is 13.8 Å². The lowest BCUT2D eigenvalue weighted by Gasteiger charge is -2.09. The van der Waals surface area contributed by atoms with E-state index in [0.717, 1.165) is 0 Å². The number of hydrogen-bond donors (Lipinski definition) is 1. The number of hydrogen-bond acceptors (Lipinski definition) is 3. The lowest BCUT2D eigenvalue weighted by atomic mass is 10.3. The molecule has 0 aliphatic heterocycles. The largest absolute Gasteiger partial charge is 0.462 e. The van der Waals surface area contributed by atoms with Crippen LogP contribution in [0, 0.1) is 0 Å². The quantitative estimate of drug-likeness (QED) is 0.461. The van der Waals surface area contributed by atoms with E-state index in [0.29, 0.717) is 0 Å². The van der Waals surface area contributed by atoms with Gasteiger partial charge in [0.05, 0.1) is 6.10 Å². The molecule has 2 N–H and O–H groups in total. The summed E-state index contributed by atoms with van der Waals surface area (Å²) in [5, 5.41) is 0. The van der Waals surface area contributed by atoms with Crippen molar-refractivity contribution >= 4 is 5.97 Å². The highest BCUT2D eigenvalue weighted by molar-refractivity contribution is 5.77. The first kappa shape index (κ1) is 9.17. The summed E-state index contributed by atoms with van der Waals surface area (Å²) in [4.78, 5) is 10.8. The Bertz CT molecular complexity index is 132.